The van der Waals surface area contributed by atoms with Crippen molar-refractivity contribution in [3.8, 4) is 0 Å². The van der Waals surface area contributed by atoms with Crippen molar-refractivity contribution in [2.45, 2.75) is 39.0 Å². The number of rotatable bonds is 3. The Hall–Kier alpha value is -1.06. The van der Waals surface area contributed by atoms with Crippen molar-refractivity contribution in [1.29, 1.82) is 0 Å². The van der Waals surface area contributed by atoms with E-state index in [2.05, 4.69) is 6.92 Å². The van der Waals surface area contributed by atoms with Gasteiger partial charge in [-0.15, -0.1) is 0 Å². The molecule has 4 heteroatoms. The molecule has 2 unspecified atom stereocenters. The van der Waals surface area contributed by atoms with Crippen molar-refractivity contribution in [3.63, 3.8) is 0 Å². The summed E-state index contributed by atoms with van der Waals surface area (Å²) in [6, 6.07) is 0. The first-order chi connectivity index (χ1) is 7.48. The fourth-order valence-electron chi connectivity index (χ4n) is 3.22. The van der Waals surface area contributed by atoms with Crippen molar-refractivity contribution < 1.29 is 19.8 Å². The summed E-state index contributed by atoms with van der Waals surface area (Å²) in [5, 5.41) is 18.2. The highest BCUT2D eigenvalue weighted by Crippen LogP contribution is 2.61. The molecule has 2 N–H and O–H groups in total. The van der Waals surface area contributed by atoms with Crippen LogP contribution in [0.1, 0.15) is 39.0 Å². The van der Waals surface area contributed by atoms with Crippen LogP contribution in [0, 0.1) is 23.2 Å². The summed E-state index contributed by atoms with van der Waals surface area (Å²) in [5.41, 5.74) is -0.939. The summed E-state index contributed by atoms with van der Waals surface area (Å²) in [4.78, 5) is 22.2. The Morgan fingerprint density at radius 1 is 1.12 bits per heavy atom. The summed E-state index contributed by atoms with van der Waals surface area (Å²) in [5.74, 6) is -1.77. The van der Waals surface area contributed by atoms with E-state index in [4.69, 9.17) is 5.11 Å². The van der Waals surface area contributed by atoms with Crippen LogP contribution in [0.15, 0.2) is 0 Å². The van der Waals surface area contributed by atoms with Crippen molar-refractivity contribution in [2.24, 2.45) is 23.2 Å². The third-order valence-corrected chi connectivity index (χ3v) is 4.44. The molecule has 4 nitrogen and oxygen atoms in total. The van der Waals surface area contributed by atoms with Gasteiger partial charge in [-0.05, 0) is 31.1 Å². The average molecular weight is 226 g/mol. The van der Waals surface area contributed by atoms with E-state index in [1.165, 1.54) is 0 Å². The van der Waals surface area contributed by atoms with Gasteiger partial charge in [0.25, 0.3) is 0 Å². The Balaban J connectivity index is 2.11. The zero-order valence-electron chi connectivity index (χ0n) is 9.48. The number of carboxylic acids is 2. The number of carbonyl (C=O) groups is 2. The Kier molecular flexibility index (Phi) is 2.68. The van der Waals surface area contributed by atoms with Gasteiger partial charge in [0.2, 0.25) is 0 Å². The molecule has 0 aromatic carbocycles. The monoisotopic (exact) mass is 226 g/mol. The van der Waals surface area contributed by atoms with Gasteiger partial charge in [0.15, 0.2) is 0 Å². The van der Waals surface area contributed by atoms with Gasteiger partial charge in [0, 0.05) is 0 Å². The van der Waals surface area contributed by atoms with E-state index in [0.717, 1.165) is 25.7 Å². The molecule has 90 valence electrons. The van der Waals surface area contributed by atoms with Crippen LogP contribution in [0.4, 0.5) is 0 Å². The minimum atomic E-state index is -0.943. The molecule has 0 radical (unpaired) electrons. The third kappa shape index (κ3) is 1.60. The van der Waals surface area contributed by atoms with Crippen LogP contribution in [0.25, 0.3) is 0 Å². The lowest BCUT2D eigenvalue weighted by atomic mass is 9.73. The van der Waals surface area contributed by atoms with Gasteiger partial charge in [-0.2, -0.15) is 0 Å². The highest BCUT2D eigenvalue weighted by molar-refractivity contribution is 5.89. The second-order valence-electron chi connectivity index (χ2n) is 5.40. The first-order valence-corrected chi connectivity index (χ1v) is 5.94. The van der Waals surface area contributed by atoms with Crippen LogP contribution in [0.2, 0.25) is 0 Å². The molecule has 0 aromatic heterocycles. The normalized spacial score (nSPS) is 42.7. The molecule has 2 fully saturated rings. The molecule has 0 saturated heterocycles. The van der Waals surface area contributed by atoms with Crippen molar-refractivity contribution in [2.75, 3.05) is 0 Å². The molecule has 2 saturated carbocycles. The Morgan fingerprint density at radius 3 is 2.06 bits per heavy atom. The average Bonchev–Trinajstić information content (AvgIpc) is 2.95. The van der Waals surface area contributed by atoms with Crippen LogP contribution in [0.5, 0.6) is 0 Å². The van der Waals surface area contributed by atoms with Gasteiger partial charge in [-0.3, -0.25) is 9.59 Å². The van der Waals surface area contributed by atoms with Gasteiger partial charge < -0.3 is 10.2 Å². The van der Waals surface area contributed by atoms with Crippen molar-refractivity contribution in [1.82, 2.24) is 0 Å². The van der Waals surface area contributed by atoms with Crippen LogP contribution in [-0.4, -0.2) is 22.2 Å². The summed E-state index contributed by atoms with van der Waals surface area (Å²) >= 11 is 0. The minimum absolute atomic E-state index is 0.0716. The molecule has 0 spiro atoms. The lowest BCUT2D eigenvalue weighted by Gasteiger charge is -2.31. The first-order valence-electron chi connectivity index (χ1n) is 5.94. The molecule has 0 heterocycles. The molecular formula is C12H18O4. The van der Waals surface area contributed by atoms with Gasteiger partial charge in [-0.25, -0.2) is 0 Å². The van der Waals surface area contributed by atoms with Crippen molar-refractivity contribution >= 4 is 11.9 Å². The second kappa shape index (κ2) is 3.75. The highest BCUT2D eigenvalue weighted by atomic mass is 16.4. The molecule has 16 heavy (non-hydrogen) atoms. The molecule has 2 rings (SSSR count). The van der Waals surface area contributed by atoms with E-state index < -0.39 is 23.3 Å². The van der Waals surface area contributed by atoms with Gasteiger partial charge in [0.1, 0.15) is 0 Å². The third-order valence-electron chi connectivity index (χ3n) is 4.44. The Labute approximate surface area is 94.7 Å². The zero-order valence-corrected chi connectivity index (χ0v) is 9.48. The summed E-state index contributed by atoms with van der Waals surface area (Å²) < 4.78 is 0. The van der Waals surface area contributed by atoms with Crippen LogP contribution in [0.3, 0.4) is 0 Å². The van der Waals surface area contributed by atoms with Crippen molar-refractivity contribution in [3.05, 3.63) is 0 Å². The maximum atomic E-state index is 11.3. The van der Waals surface area contributed by atoms with E-state index in [1.807, 2.05) is 0 Å². The molecule has 0 aromatic rings. The lowest BCUT2D eigenvalue weighted by molar-refractivity contribution is -0.152. The number of hydrogen-bond donors (Lipinski definition) is 2. The lowest BCUT2D eigenvalue weighted by Crippen LogP contribution is -2.32. The minimum Gasteiger partial charge on any atom is -0.481 e. The smallest absolute Gasteiger partial charge is 0.310 e. The maximum absolute atomic E-state index is 11.3. The standard InChI is InChI=1S/C12H18O4/c1-7-2-4-8(5-3-7)12(11(15)16)6-9(12)10(13)14/h7-9H,2-6H2,1H3,(H,13,14)(H,15,16). The van der Waals surface area contributed by atoms with Gasteiger partial charge in [0.05, 0.1) is 11.3 Å². The maximum Gasteiger partial charge on any atom is 0.310 e. The molecule has 0 bridgehead atoms. The van der Waals surface area contributed by atoms with E-state index in [0.29, 0.717) is 12.3 Å². The largest absolute Gasteiger partial charge is 0.481 e. The fraction of sp³-hybridized carbons (Fsp3) is 0.833. The summed E-state index contributed by atoms with van der Waals surface area (Å²) in [6.07, 6.45) is 4.14. The van der Waals surface area contributed by atoms with Gasteiger partial charge >= 0.3 is 11.9 Å². The predicted molar refractivity (Wildman–Crippen MR) is 56.9 cm³/mol. The van der Waals surface area contributed by atoms with Gasteiger partial charge in [-0.1, -0.05) is 19.8 Å². The summed E-state index contributed by atoms with van der Waals surface area (Å²) in [6.45, 7) is 2.17. The fourth-order valence-corrected chi connectivity index (χ4v) is 3.22. The first kappa shape index (κ1) is 11.4. The van der Waals surface area contributed by atoms with E-state index in [-0.39, 0.29) is 5.92 Å². The van der Waals surface area contributed by atoms with Crippen LogP contribution < -0.4 is 0 Å². The predicted octanol–water partition coefficient (Wildman–Crippen LogP) is 1.99. The molecule has 0 aliphatic heterocycles. The Bertz CT molecular complexity index is 317. The second-order valence-corrected chi connectivity index (χ2v) is 5.40. The van der Waals surface area contributed by atoms with Crippen LogP contribution >= 0.6 is 0 Å². The quantitative estimate of drug-likeness (QED) is 0.771. The van der Waals surface area contributed by atoms with E-state index in [1.54, 1.807) is 0 Å². The Morgan fingerprint density at radius 2 is 1.69 bits per heavy atom. The molecular weight excluding hydrogens is 208 g/mol. The topological polar surface area (TPSA) is 74.6 Å². The van der Waals surface area contributed by atoms with Crippen LogP contribution in [-0.2, 0) is 9.59 Å². The SMILES string of the molecule is CC1CCC(C2(C(=O)O)CC2C(=O)O)CC1. The summed E-state index contributed by atoms with van der Waals surface area (Å²) in [7, 11) is 0. The van der Waals surface area contributed by atoms with E-state index in [9.17, 15) is 14.7 Å². The molecule has 2 aliphatic rings. The molecule has 2 aliphatic carbocycles. The zero-order chi connectivity index (χ0) is 11.9. The number of carboxylic acid groups (broad SMARTS) is 2. The van der Waals surface area contributed by atoms with E-state index >= 15 is 0 Å². The molecule has 2 atom stereocenters. The number of aliphatic carboxylic acids is 2. The number of hydrogen-bond acceptors (Lipinski definition) is 2. The molecule has 0 amide bonds. The highest BCUT2D eigenvalue weighted by Gasteiger charge is 2.67.